The summed E-state index contributed by atoms with van der Waals surface area (Å²) in [5.41, 5.74) is 0.501. The molecular weight excluding hydrogens is 274 g/mol. The van der Waals surface area contributed by atoms with E-state index in [2.05, 4.69) is 18.7 Å². The molecule has 4 rings (SSSR count). The minimum Gasteiger partial charge on any atom is -0.350 e. The van der Waals surface area contributed by atoms with Crippen molar-refractivity contribution < 1.29 is 9.47 Å². The molecule has 0 aromatic rings. The van der Waals surface area contributed by atoms with E-state index < -0.39 is 0 Å². The molecule has 0 amide bonds. The van der Waals surface area contributed by atoms with Crippen LogP contribution in [0.2, 0.25) is 0 Å². The van der Waals surface area contributed by atoms with E-state index >= 15 is 0 Å². The molecule has 3 heteroatoms. The van der Waals surface area contributed by atoms with Crippen LogP contribution in [0.1, 0.15) is 58.8 Å². The molecule has 4 fully saturated rings. The topological polar surface area (TPSA) is 21.7 Å². The van der Waals surface area contributed by atoms with Crippen molar-refractivity contribution in [2.75, 3.05) is 26.2 Å². The van der Waals surface area contributed by atoms with Crippen LogP contribution in [0.5, 0.6) is 0 Å². The summed E-state index contributed by atoms with van der Waals surface area (Å²) in [6.45, 7) is 9.37. The van der Waals surface area contributed by atoms with Gasteiger partial charge >= 0.3 is 0 Å². The lowest BCUT2D eigenvalue weighted by Crippen LogP contribution is -2.38. The summed E-state index contributed by atoms with van der Waals surface area (Å²) in [6.07, 6.45) is 9.99. The predicted octanol–water partition coefficient (Wildman–Crippen LogP) is 3.68. The summed E-state index contributed by atoms with van der Waals surface area (Å²) in [5.74, 6) is 2.70. The van der Waals surface area contributed by atoms with Gasteiger partial charge in [-0.25, -0.2) is 0 Å². The van der Waals surface area contributed by atoms with Crippen LogP contribution in [-0.4, -0.2) is 43.5 Å². The Bertz CT molecular complexity index is 391. The van der Waals surface area contributed by atoms with Crippen LogP contribution in [0.15, 0.2) is 0 Å². The second-order valence-corrected chi connectivity index (χ2v) is 8.82. The van der Waals surface area contributed by atoms with Gasteiger partial charge in [-0.2, -0.15) is 0 Å². The Morgan fingerprint density at radius 3 is 2.64 bits per heavy atom. The van der Waals surface area contributed by atoms with Gasteiger partial charge in [0, 0.05) is 13.0 Å². The number of fused-ring (bicyclic) bond motifs is 2. The van der Waals surface area contributed by atoms with Crippen LogP contribution in [-0.2, 0) is 9.47 Å². The molecule has 4 aliphatic rings. The summed E-state index contributed by atoms with van der Waals surface area (Å²) >= 11 is 0. The van der Waals surface area contributed by atoms with Crippen LogP contribution >= 0.6 is 0 Å². The molecule has 2 aliphatic carbocycles. The summed E-state index contributed by atoms with van der Waals surface area (Å²) < 4.78 is 12.3. The number of hydrogen-bond acceptors (Lipinski definition) is 3. The number of ether oxygens (including phenoxy) is 2. The fraction of sp³-hybridized carbons (Fsp3) is 1.00. The van der Waals surface area contributed by atoms with Crippen molar-refractivity contribution in [2.45, 2.75) is 71.2 Å². The smallest absolute Gasteiger partial charge is 0.158 e. The molecule has 0 N–H and O–H groups in total. The third-order valence-electron chi connectivity index (χ3n) is 7.22. The molecule has 126 valence electrons. The molecule has 0 unspecified atom stereocenters. The lowest BCUT2D eigenvalue weighted by molar-refractivity contribution is -0.0909. The highest BCUT2D eigenvalue weighted by molar-refractivity contribution is 5.02. The Hall–Kier alpha value is -0.120. The zero-order valence-electron chi connectivity index (χ0n) is 14.4. The van der Waals surface area contributed by atoms with Gasteiger partial charge in [-0.3, -0.25) is 0 Å². The molecule has 2 saturated carbocycles. The highest BCUT2D eigenvalue weighted by atomic mass is 16.7. The highest BCUT2D eigenvalue weighted by Gasteiger charge is 2.53. The van der Waals surface area contributed by atoms with Crippen LogP contribution < -0.4 is 0 Å². The largest absolute Gasteiger partial charge is 0.350 e. The van der Waals surface area contributed by atoms with Crippen molar-refractivity contribution in [3.05, 3.63) is 0 Å². The molecule has 2 heterocycles. The maximum Gasteiger partial charge on any atom is 0.158 e. The fourth-order valence-corrected chi connectivity index (χ4v) is 5.83. The van der Waals surface area contributed by atoms with E-state index in [0.717, 1.165) is 37.3 Å². The first-order valence-corrected chi connectivity index (χ1v) is 9.62. The van der Waals surface area contributed by atoms with Crippen LogP contribution in [0.4, 0.5) is 0 Å². The maximum absolute atomic E-state index is 6.26. The number of nitrogens with zero attached hydrogens (tertiary/aromatic N) is 1. The van der Waals surface area contributed by atoms with Crippen molar-refractivity contribution in [3.8, 4) is 0 Å². The first-order valence-electron chi connectivity index (χ1n) is 9.62. The minimum absolute atomic E-state index is 0.0680. The summed E-state index contributed by atoms with van der Waals surface area (Å²) in [5, 5.41) is 0. The third-order valence-corrected chi connectivity index (χ3v) is 7.22. The average Bonchev–Trinajstić information content (AvgIpc) is 3.19. The SMILES string of the molecule is CC1(C)[C@H]2CC[C@@H](C2)[C@@H]1C[C@H]1OC[C@H](CN2CCCCC2)O1. The van der Waals surface area contributed by atoms with Crippen molar-refractivity contribution in [1.29, 1.82) is 0 Å². The van der Waals surface area contributed by atoms with Crippen molar-refractivity contribution in [1.82, 2.24) is 4.90 Å². The molecule has 2 saturated heterocycles. The number of hydrogen-bond donors (Lipinski definition) is 0. The molecule has 22 heavy (non-hydrogen) atoms. The van der Waals surface area contributed by atoms with Gasteiger partial charge in [-0.1, -0.05) is 20.3 Å². The van der Waals surface area contributed by atoms with Gasteiger partial charge in [0.2, 0.25) is 0 Å². The lowest BCUT2D eigenvalue weighted by Gasteiger charge is -2.39. The van der Waals surface area contributed by atoms with Gasteiger partial charge in [-0.05, 0) is 68.4 Å². The van der Waals surface area contributed by atoms with Gasteiger partial charge in [0.05, 0.1) is 12.7 Å². The van der Waals surface area contributed by atoms with Crippen molar-refractivity contribution >= 4 is 0 Å². The van der Waals surface area contributed by atoms with E-state index in [1.807, 2.05) is 0 Å². The number of piperidine rings is 1. The van der Waals surface area contributed by atoms with E-state index in [0.29, 0.717) is 11.5 Å². The van der Waals surface area contributed by atoms with Gasteiger partial charge in [0.1, 0.15) is 0 Å². The van der Waals surface area contributed by atoms with E-state index in [9.17, 15) is 0 Å². The second-order valence-electron chi connectivity index (χ2n) is 8.82. The lowest BCUT2D eigenvalue weighted by atomic mass is 9.67. The first kappa shape index (κ1) is 15.4. The van der Waals surface area contributed by atoms with E-state index in [1.54, 1.807) is 0 Å². The number of rotatable bonds is 4. The van der Waals surface area contributed by atoms with Gasteiger partial charge in [0.15, 0.2) is 6.29 Å². The Morgan fingerprint density at radius 1 is 1.09 bits per heavy atom. The molecule has 5 atom stereocenters. The van der Waals surface area contributed by atoms with Gasteiger partial charge < -0.3 is 14.4 Å². The monoisotopic (exact) mass is 307 g/mol. The van der Waals surface area contributed by atoms with Crippen molar-refractivity contribution in [2.24, 2.45) is 23.2 Å². The fourth-order valence-electron chi connectivity index (χ4n) is 5.83. The van der Waals surface area contributed by atoms with Crippen molar-refractivity contribution in [3.63, 3.8) is 0 Å². The summed E-state index contributed by atoms with van der Waals surface area (Å²) in [4.78, 5) is 2.57. The summed E-state index contributed by atoms with van der Waals surface area (Å²) in [7, 11) is 0. The molecule has 0 radical (unpaired) electrons. The Balaban J connectivity index is 1.28. The standard InChI is InChI=1S/C19H33NO2/c1-19(2)15-7-6-14(10-15)17(19)11-18-21-13-16(22-18)12-20-8-4-3-5-9-20/h14-18H,3-13H2,1-2H3/t14-,15-,16-,17-,18-/m0/s1. The van der Waals surface area contributed by atoms with Crippen LogP contribution in [0, 0.1) is 23.2 Å². The van der Waals surface area contributed by atoms with Crippen LogP contribution in [0.3, 0.4) is 0 Å². The number of likely N-dealkylation sites (tertiary alicyclic amines) is 1. The zero-order valence-corrected chi connectivity index (χ0v) is 14.4. The predicted molar refractivity (Wildman–Crippen MR) is 87.6 cm³/mol. The van der Waals surface area contributed by atoms with E-state index in [1.165, 1.54) is 51.6 Å². The molecule has 0 aromatic carbocycles. The Morgan fingerprint density at radius 2 is 1.91 bits per heavy atom. The molecule has 3 nitrogen and oxygen atoms in total. The second kappa shape index (κ2) is 6.07. The van der Waals surface area contributed by atoms with Gasteiger partial charge in [-0.15, -0.1) is 0 Å². The van der Waals surface area contributed by atoms with Gasteiger partial charge in [0.25, 0.3) is 0 Å². The maximum atomic E-state index is 6.26. The zero-order chi connectivity index (χ0) is 15.2. The van der Waals surface area contributed by atoms with Crippen LogP contribution in [0.25, 0.3) is 0 Å². The molecule has 0 aromatic heterocycles. The first-order chi connectivity index (χ1) is 10.6. The molecule has 2 bridgehead atoms. The minimum atomic E-state index is 0.0680. The van der Waals surface area contributed by atoms with E-state index in [4.69, 9.17) is 9.47 Å². The van der Waals surface area contributed by atoms with E-state index in [-0.39, 0.29) is 6.29 Å². The Labute approximate surface area is 135 Å². The molecular formula is C19H33NO2. The molecule has 0 spiro atoms. The highest BCUT2D eigenvalue weighted by Crippen LogP contribution is 2.60. The molecule has 2 aliphatic heterocycles. The quantitative estimate of drug-likeness (QED) is 0.791. The average molecular weight is 307 g/mol. The third kappa shape index (κ3) is 2.85. The normalized spacial score (nSPS) is 44.7. The Kier molecular flexibility index (Phi) is 4.25. The summed E-state index contributed by atoms with van der Waals surface area (Å²) in [6, 6.07) is 0.